The Bertz CT molecular complexity index is 661. The van der Waals surface area contributed by atoms with Crippen molar-refractivity contribution in [1.82, 2.24) is 10.9 Å². The zero-order chi connectivity index (χ0) is 14.5. The van der Waals surface area contributed by atoms with Crippen LogP contribution < -0.4 is 10.9 Å². The average Bonchev–Trinajstić information content (AvgIpc) is 2.45. The van der Waals surface area contributed by atoms with Gasteiger partial charge in [0.05, 0.1) is 5.56 Å². The van der Waals surface area contributed by atoms with Crippen molar-refractivity contribution in [3.8, 4) is 0 Å². The SMILES string of the molecule is O=C(NNC(=O)c1ccccc1F)c1cccc(I)c1. The van der Waals surface area contributed by atoms with Gasteiger partial charge < -0.3 is 0 Å². The van der Waals surface area contributed by atoms with Crippen molar-refractivity contribution < 1.29 is 14.0 Å². The van der Waals surface area contributed by atoms with Gasteiger partial charge in [0.1, 0.15) is 5.82 Å². The molecular formula is C14H10FIN2O2. The average molecular weight is 384 g/mol. The van der Waals surface area contributed by atoms with E-state index in [9.17, 15) is 14.0 Å². The van der Waals surface area contributed by atoms with Gasteiger partial charge in [-0.3, -0.25) is 20.4 Å². The fourth-order valence-corrected chi connectivity index (χ4v) is 2.07. The van der Waals surface area contributed by atoms with Crippen LogP contribution in [0.2, 0.25) is 0 Å². The van der Waals surface area contributed by atoms with Gasteiger partial charge in [0, 0.05) is 9.13 Å². The second kappa shape index (κ2) is 6.47. The Hall–Kier alpha value is -1.96. The molecule has 0 bridgehead atoms. The van der Waals surface area contributed by atoms with Crippen molar-refractivity contribution in [2.45, 2.75) is 0 Å². The smallest absolute Gasteiger partial charge is 0.267 e. The lowest BCUT2D eigenvalue weighted by Crippen LogP contribution is -2.41. The molecule has 0 aliphatic heterocycles. The molecule has 0 aliphatic carbocycles. The van der Waals surface area contributed by atoms with Crippen molar-refractivity contribution >= 4 is 34.4 Å². The number of rotatable bonds is 2. The van der Waals surface area contributed by atoms with Crippen LogP contribution in [0.1, 0.15) is 20.7 Å². The van der Waals surface area contributed by atoms with Gasteiger partial charge in [-0.15, -0.1) is 0 Å². The van der Waals surface area contributed by atoms with Crippen LogP contribution in [0.5, 0.6) is 0 Å². The van der Waals surface area contributed by atoms with Gasteiger partial charge in [0.25, 0.3) is 11.8 Å². The van der Waals surface area contributed by atoms with E-state index in [1.54, 1.807) is 24.3 Å². The zero-order valence-electron chi connectivity index (χ0n) is 10.2. The molecule has 2 aromatic carbocycles. The highest BCUT2D eigenvalue weighted by atomic mass is 127. The van der Waals surface area contributed by atoms with Crippen LogP contribution in [0.3, 0.4) is 0 Å². The number of hydrogen-bond acceptors (Lipinski definition) is 2. The van der Waals surface area contributed by atoms with E-state index in [0.717, 1.165) is 3.57 Å². The van der Waals surface area contributed by atoms with E-state index in [1.807, 2.05) is 6.07 Å². The van der Waals surface area contributed by atoms with E-state index in [2.05, 4.69) is 33.4 Å². The minimum absolute atomic E-state index is 0.129. The van der Waals surface area contributed by atoms with E-state index < -0.39 is 17.6 Å². The molecule has 0 fully saturated rings. The first kappa shape index (κ1) is 14.4. The number of halogens is 2. The molecule has 0 aromatic heterocycles. The van der Waals surface area contributed by atoms with Crippen molar-refractivity contribution in [2.75, 3.05) is 0 Å². The Labute approximate surface area is 128 Å². The Morgan fingerprint density at radius 3 is 2.35 bits per heavy atom. The first-order valence-corrected chi connectivity index (χ1v) is 6.76. The second-order valence-corrected chi connectivity index (χ2v) is 5.14. The summed E-state index contributed by atoms with van der Waals surface area (Å²) < 4.78 is 14.3. The summed E-state index contributed by atoms with van der Waals surface area (Å²) in [6.45, 7) is 0. The topological polar surface area (TPSA) is 58.2 Å². The molecule has 0 heterocycles. The predicted octanol–water partition coefficient (Wildman–Crippen LogP) is 2.51. The summed E-state index contributed by atoms with van der Waals surface area (Å²) in [4.78, 5) is 23.5. The molecule has 0 saturated carbocycles. The maximum Gasteiger partial charge on any atom is 0.272 e. The lowest BCUT2D eigenvalue weighted by Gasteiger charge is -2.08. The molecule has 0 radical (unpaired) electrons. The van der Waals surface area contributed by atoms with Crippen LogP contribution in [-0.2, 0) is 0 Å². The van der Waals surface area contributed by atoms with Gasteiger partial charge in [0.15, 0.2) is 0 Å². The Morgan fingerprint density at radius 1 is 0.950 bits per heavy atom. The normalized spacial score (nSPS) is 9.90. The Morgan fingerprint density at radius 2 is 1.65 bits per heavy atom. The van der Waals surface area contributed by atoms with Crippen molar-refractivity contribution in [1.29, 1.82) is 0 Å². The molecule has 0 saturated heterocycles. The Kier molecular flexibility index (Phi) is 4.67. The molecule has 2 rings (SSSR count). The number of benzene rings is 2. The monoisotopic (exact) mass is 384 g/mol. The molecule has 0 spiro atoms. The fraction of sp³-hybridized carbons (Fsp3) is 0. The van der Waals surface area contributed by atoms with Gasteiger partial charge in [-0.05, 0) is 52.9 Å². The van der Waals surface area contributed by atoms with Gasteiger partial charge in [0.2, 0.25) is 0 Å². The highest BCUT2D eigenvalue weighted by molar-refractivity contribution is 14.1. The summed E-state index contributed by atoms with van der Waals surface area (Å²) in [5, 5.41) is 0. The van der Waals surface area contributed by atoms with Crippen molar-refractivity contribution in [2.24, 2.45) is 0 Å². The van der Waals surface area contributed by atoms with Crippen molar-refractivity contribution in [3.63, 3.8) is 0 Å². The third-order valence-corrected chi connectivity index (χ3v) is 3.17. The lowest BCUT2D eigenvalue weighted by molar-refractivity contribution is 0.0844. The summed E-state index contributed by atoms with van der Waals surface area (Å²) in [6.07, 6.45) is 0. The van der Waals surface area contributed by atoms with Gasteiger partial charge in [-0.1, -0.05) is 18.2 Å². The minimum atomic E-state index is -0.706. The number of nitrogens with one attached hydrogen (secondary N) is 2. The molecule has 20 heavy (non-hydrogen) atoms. The van der Waals surface area contributed by atoms with Crippen LogP contribution in [0, 0.1) is 9.39 Å². The number of hydrazine groups is 1. The molecule has 0 unspecified atom stereocenters. The molecule has 2 N–H and O–H groups in total. The summed E-state index contributed by atoms with van der Waals surface area (Å²) in [6, 6.07) is 12.4. The number of amides is 2. The van der Waals surface area contributed by atoms with Crippen LogP contribution in [-0.4, -0.2) is 11.8 Å². The molecule has 6 heteroatoms. The van der Waals surface area contributed by atoms with E-state index >= 15 is 0 Å². The summed E-state index contributed by atoms with van der Waals surface area (Å²) in [5.41, 5.74) is 4.70. The maximum absolute atomic E-state index is 13.4. The van der Waals surface area contributed by atoms with Crippen LogP contribution in [0.15, 0.2) is 48.5 Å². The summed E-state index contributed by atoms with van der Waals surface area (Å²) in [5.74, 6) is -1.82. The van der Waals surface area contributed by atoms with E-state index in [1.165, 1.54) is 18.2 Å². The largest absolute Gasteiger partial charge is 0.272 e. The maximum atomic E-state index is 13.4. The third kappa shape index (κ3) is 3.53. The van der Waals surface area contributed by atoms with Gasteiger partial charge in [-0.25, -0.2) is 4.39 Å². The zero-order valence-corrected chi connectivity index (χ0v) is 12.3. The number of carbonyl (C=O) groups is 2. The minimum Gasteiger partial charge on any atom is -0.267 e. The third-order valence-electron chi connectivity index (χ3n) is 2.49. The lowest BCUT2D eigenvalue weighted by atomic mass is 10.2. The van der Waals surface area contributed by atoms with E-state index in [-0.39, 0.29) is 5.56 Å². The quantitative estimate of drug-likeness (QED) is 0.618. The van der Waals surface area contributed by atoms with E-state index in [4.69, 9.17) is 0 Å². The fourth-order valence-electron chi connectivity index (χ4n) is 1.53. The molecule has 4 nitrogen and oxygen atoms in total. The highest BCUT2D eigenvalue weighted by Gasteiger charge is 2.12. The predicted molar refractivity (Wildman–Crippen MR) is 80.5 cm³/mol. The molecule has 2 aromatic rings. The molecule has 102 valence electrons. The van der Waals surface area contributed by atoms with Gasteiger partial charge >= 0.3 is 0 Å². The Balaban J connectivity index is 2.01. The standard InChI is InChI=1S/C14H10FIN2O2/c15-12-7-2-1-6-11(12)14(20)18-17-13(19)9-4-3-5-10(16)8-9/h1-8H,(H,17,19)(H,18,20). The number of carbonyl (C=O) groups excluding carboxylic acids is 2. The molecule has 0 atom stereocenters. The molecular weight excluding hydrogens is 374 g/mol. The summed E-state index contributed by atoms with van der Waals surface area (Å²) >= 11 is 2.08. The number of hydrogen-bond donors (Lipinski definition) is 2. The van der Waals surface area contributed by atoms with Gasteiger partial charge in [-0.2, -0.15) is 0 Å². The second-order valence-electron chi connectivity index (χ2n) is 3.90. The first-order chi connectivity index (χ1) is 9.58. The van der Waals surface area contributed by atoms with E-state index in [0.29, 0.717) is 5.56 Å². The van der Waals surface area contributed by atoms with Crippen molar-refractivity contribution in [3.05, 3.63) is 69.0 Å². The van der Waals surface area contributed by atoms with Crippen LogP contribution in [0.4, 0.5) is 4.39 Å². The van der Waals surface area contributed by atoms with Crippen LogP contribution >= 0.6 is 22.6 Å². The molecule has 0 aliphatic rings. The first-order valence-electron chi connectivity index (χ1n) is 5.68. The summed E-state index contributed by atoms with van der Waals surface area (Å²) in [7, 11) is 0. The highest BCUT2D eigenvalue weighted by Crippen LogP contribution is 2.08. The van der Waals surface area contributed by atoms with Crippen LogP contribution in [0.25, 0.3) is 0 Å². The molecule has 2 amide bonds.